The van der Waals surface area contributed by atoms with Crippen molar-refractivity contribution >= 4 is 10.9 Å². The molecule has 2 heterocycles. The Morgan fingerprint density at radius 2 is 1.85 bits per heavy atom. The summed E-state index contributed by atoms with van der Waals surface area (Å²) < 4.78 is 7.60. The van der Waals surface area contributed by atoms with Gasteiger partial charge in [0.15, 0.2) is 0 Å². The van der Waals surface area contributed by atoms with E-state index in [-0.39, 0.29) is 0 Å². The molecule has 2 aromatic carbocycles. The molecule has 26 heavy (non-hydrogen) atoms. The molecule has 4 heteroatoms. The van der Waals surface area contributed by atoms with Crippen LogP contribution < -0.4 is 4.74 Å². The molecule has 0 atom stereocenters. The number of aromatic nitrogens is 2. The van der Waals surface area contributed by atoms with Gasteiger partial charge in [0, 0.05) is 16.6 Å². The van der Waals surface area contributed by atoms with Gasteiger partial charge in [-0.1, -0.05) is 36.4 Å². The van der Waals surface area contributed by atoms with Crippen molar-refractivity contribution in [2.24, 2.45) is 0 Å². The molecular weight excluding hydrogens is 322 g/mol. The third-order valence-electron chi connectivity index (χ3n) is 4.42. The molecule has 4 aromatic rings. The number of hydrogen-bond donors (Lipinski definition) is 0. The van der Waals surface area contributed by atoms with Gasteiger partial charge in [-0.25, -0.2) is 4.98 Å². The summed E-state index contributed by atoms with van der Waals surface area (Å²) in [5, 5.41) is 10.2. The van der Waals surface area contributed by atoms with E-state index in [1.165, 1.54) is 0 Å². The zero-order valence-electron chi connectivity index (χ0n) is 14.4. The van der Waals surface area contributed by atoms with Crippen molar-refractivity contribution in [2.75, 3.05) is 7.11 Å². The number of pyridine rings is 1. The summed E-state index contributed by atoms with van der Waals surface area (Å²) in [6.45, 7) is 0.593. The Bertz CT molecular complexity index is 1110. The van der Waals surface area contributed by atoms with Crippen LogP contribution in [0.5, 0.6) is 5.75 Å². The molecule has 4 rings (SSSR count). The minimum atomic E-state index is 0.432. The predicted octanol–water partition coefficient (Wildman–Crippen LogP) is 4.63. The lowest BCUT2D eigenvalue weighted by Gasteiger charge is -2.11. The fourth-order valence-electron chi connectivity index (χ4n) is 3.19. The van der Waals surface area contributed by atoms with Gasteiger partial charge in [-0.15, -0.1) is 0 Å². The normalized spacial score (nSPS) is 10.6. The van der Waals surface area contributed by atoms with E-state index in [1.807, 2.05) is 42.5 Å². The molecule has 0 aliphatic heterocycles. The molecule has 0 saturated heterocycles. The molecule has 0 fully saturated rings. The summed E-state index contributed by atoms with van der Waals surface area (Å²) in [5.74, 6) is 0.832. The van der Waals surface area contributed by atoms with Gasteiger partial charge in [0.05, 0.1) is 19.3 Å². The molecule has 0 bridgehead atoms. The molecule has 0 aliphatic carbocycles. The van der Waals surface area contributed by atoms with Crippen molar-refractivity contribution in [3.8, 4) is 23.1 Å². The summed E-state index contributed by atoms with van der Waals surface area (Å²) >= 11 is 0. The first-order valence-corrected chi connectivity index (χ1v) is 8.37. The molecule has 0 aliphatic rings. The highest BCUT2D eigenvalue weighted by molar-refractivity contribution is 5.88. The number of benzene rings is 2. The fraction of sp³-hybridized carbons (Fsp3) is 0.0909. The monoisotopic (exact) mass is 339 g/mol. The molecule has 0 unspecified atom stereocenters. The van der Waals surface area contributed by atoms with E-state index in [4.69, 9.17) is 10.00 Å². The number of ether oxygens (including phenoxy) is 1. The van der Waals surface area contributed by atoms with Crippen LogP contribution in [0.25, 0.3) is 22.2 Å². The van der Waals surface area contributed by atoms with Gasteiger partial charge in [-0.3, -0.25) is 0 Å². The second-order valence-corrected chi connectivity index (χ2v) is 6.03. The lowest BCUT2D eigenvalue weighted by Crippen LogP contribution is -2.04. The number of hydrogen-bond acceptors (Lipinski definition) is 3. The standard InChI is InChI=1S/C22H17N3O/c1-26-20-10-11-21-17(12-20)13-22(16-6-3-2-4-7-16)25(21)15-19-9-5-8-18(14-23)24-19/h2-13H,15H2,1H3. The largest absolute Gasteiger partial charge is 0.497 e. The van der Waals surface area contributed by atoms with Crippen LogP contribution >= 0.6 is 0 Å². The number of nitrogens with zero attached hydrogens (tertiary/aromatic N) is 3. The van der Waals surface area contributed by atoms with Crippen LogP contribution in [0, 0.1) is 11.3 Å². The van der Waals surface area contributed by atoms with E-state index >= 15 is 0 Å². The van der Waals surface area contributed by atoms with Gasteiger partial charge < -0.3 is 9.30 Å². The third kappa shape index (κ3) is 2.91. The Morgan fingerprint density at radius 3 is 2.62 bits per heavy atom. The Labute approximate surface area is 151 Å². The van der Waals surface area contributed by atoms with Crippen LogP contribution in [-0.2, 0) is 6.54 Å². The van der Waals surface area contributed by atoms with Crippen molar-refractivity contribution in [2.45, 2.75) is 6.54 Å². The maximum Gasteiger partial charge on any atom is 0.140 e. The van der Waals surface area contributed by atoms with Crippen molar-refractivity contribution < 1.29 is 4.74 Å². The SMILES string of the molecule is COc1ccc2c(c1)cc(-c1ccccc1)n2Cc1cccc(C#N)n1. The number of methoxy groups -OCH3 is 1. The maximum absolute atomic E-state index is 9.12. The van der Waals surface area contributed by atoms with Crippen molar-refractivity contribution in [1.82, 2.24) is 9.55 Å². The zero-order valence-corrected chi connectivity index (χ0v) is 14.4. The molecule has 4 nitrogen and oxygen atoms in total. The quantitative estimate of drug-likeness (QED) is 0.544. The van der Waals surface area contributed by atoms with Crippen molar-refractivity contribution in [3.05, 3.63) is 84.2 Å². The molecule has 0 amide bonds. The fourth-order valence-corrected chi connectivity index (χ4v) is 3.19. The Kier molecular flexibility index (Phi) is 4.12. The molecule has 0 radical (unpaired) electrons. The van der Waals surface area contributed by atoms with Crippen LogP contribution in [0.4, 0.5) is 0 Å². The van der Waals surface area contributed by atoms with E-state index in [0.29, 0.717) is 12.2 Å². The molecule has 0 spiro atoms. The van der Waals surface area contributed by atoms with Gasteiger partial charge in [-0.05, 0) is 42.0 Å². The topological polar surface area (TPSA) is 50.8 Å². The highest BCUT2D eigenvalue weighted by Gasteiger charge is 2.12. The first-order chi connectivity index (χ1) is 12.8. The summed E-state index contributed by atoms with van der Waals surface area (Å²) in [7, 11) is 1.67. The zero-order chi connectivity index (χ0) is 17.9. The Hall–Kier alpha value is -3.58. The summed E-state index contributed by atoms with van der Waals surface area (Å²) in [5.41, 5.74) is 4.64. The minimum absolute atomic E-state index is 0.432. The highest BCUT2D eigenvalue weighted by Crippen LogP contribution is 2.31. The Balaban J connectivity index is 1.89. The predicted molar refractivity (Wildman–Crippen MR) is 102 cm³/mol. The average Bonchev–Trinajstić information content (AvgIpc) is 3.06. The van der Waals surface area contributed by atoms with Crippen molar-refractivity contribution in [3.63, 3.8) is 0 Å². The van der Waals surface area contributed by atoms with E-state index in [2.05, 4.69) is 39.9 Å². The second-order valence-electron chi connectivity index (χ2n) is 6.03. The van der Waals surface area contributed by atoms with Gasteiger partial charge in [0.25, 0.3) is 0 Å². The third-order valence-corrected chi connectivity index (χ3v) is 4.42. The first-order valence-electron chi connectivity index (χ1n) is 8.37. The number of fused-ring (bicyclic) bond motifs is 1. The van der Waals surface area contributed by atoms with E-state index in [1.54, 1.807) is 13.2 Å². The van der Waals surface area contributed by atoms with Crippen LogP contribution in [0.2, 0.25) is 0 Å². The first kappa shape index (κ1) is 15.9. The molecule has 0 saturated carbocycles. The van der Waals surface area contributed by atoms with Gasteiger partial charge in [-0.2, -0.15) is 5.26 Å². The van der Waals surface area contributed by atoms with Gasteiger partial charge >= 0.3 is 0 Å². The summed E-state index contributed by atoms with van der Waals surface area (Å²) in [6.07, 6.45) is 0. The number of nitriles is 1. The van der Waals surface area contributed by atoms with Crippen molar-refractivity contribution in [1.29, 1.82) is 5.26 Å². The second kappa shape index (κ2) is 6.73. The van der Waals surface area contributed by atoms with Crippen LogP contribution in [0.1, 0.15) is 11.4 Å². The summed E-state index contributed by atoms with van der Waals surface area (Å²) in [4.78, 5) is 4.43. The van der Waals surface area contributed by atoms with Gasteiger partial charge in [0.1, 0.15) is 17.5 Å². The Morgan fingerprint density at radius 1 is 1.00 bits per heavy atom. The highest BCUT2D eigenvalue weighted by atomic mass is 16.5. The lowest BCUT2D eigenvalue weighted by atomic mass is 10.1. The van der Waals surface area contributed by atoms with Crippen LogP contribution in [-0.4, -0.2) is 16.7 Å². The molecule has 2 aromatic heterocycles. The average molecular weight is 339 g/mol. The number of rotatable bonds is 4. The van der Waals surface area contributed by atoms with E-state index < -0.39 is 0 Å². The van der Waals surface area contributed by atoms with E-state index in [9.17, 15) is 0 Å². The van der Waals surface area contributed by atoms with Gasteiger partial charge in [0.2, 0.25) is 0 Å². The maximum atomic E-state index is 9.12. The molecule has 126 valence electrons. The molecule has 0 N–H and O–H groups in total. The summed E-state index contributed by atoms with van der Waals surface area (Å²) in [6, 6.07) is 26.2. The lowest BCUT2D eigenvalue weighted by molar-refractivity contribution is 0.415. The minimum Gasteiger partial charge on any atom is -0.497 e. The van der Waals surface area contributed by atoms with E-state index in [0.717, 1.165) is 33.6 Å². The van der Waals surface area contributed by atoms with Crippen LogP contribution in [0.3, 0.4) is 0 Å². The smallest absolute Gasteiger partial charge is 0.140 e. The molecular formula is C22H17N3O. The van der Waals surface area contributed by atoms with Crippen LogP contribution in [0.15, 0.2) is 72.8 Å².